The van der Waals surface area contributed by atoms with Gasteiger partial charge >= 0.3 is 0 Å². The Morgan fingerprint density at radius 2 is 1.60 bits per heavy atom. The third-order valence-electron chi connectivity index (χ3n) is 11.3. The van der Waals surface area contributed by atoms with E-state index in [1.165, 1.54) is 44.9 Å². The van der Waals surface area contributed by atoms with Crippen LogP contribution in [0.2, 0.25) is 18.1 Å². The normalized spacial score (nSPS) is 49.1. The van der Waals surface area contributed by atoms with Crippen LogP contribution in [-0.4, -0.2) is 25.1 Å². The van der Waals surface area contributed by atoms with E-state index in [2.05, 4.69) is 54.3 Å². The van der Waals surface area contributed by atoms with Gasteiger partial charge in [-0.05, 0) is 110 Å². The molecule has 4 aliphatic rings. The maximum Gasteiger partial charge on any atom is 0.192 e. The van der Waals surface area contributed by atoms with Gasteiger partial charge in [0.05, 0.1) is 11.7 Å². The van der Waals surface area contributed by atoms with E-state index in [0.29, 0.717) is 22.9 Å². The van der Waals surface area contributed by atoms with E-state index in [1.54, 1.807) is 0 Å². The minimum absolute atomic E-state index is 0.286. The summed E-state index contributed by atoms with van der Waals surface area (Å²) in [5, 5.41) is 11.2. The van der Waals surface area contributed by atoms with Crippen molar-refractivity contribution in [3.63, 3.8) is 0 Å². The van der Waals surface area contributed by atoms with Crippen LogP contribution in [0.4, 0.5) is 0 Å². The lowest BCUT2D eigenvalue weighted by molar-refractivity contribution is -0.144. The Bertz CT molecular complexity index is 681. The standard InChI is InChI=1S/C27H48O2Si/c1-9-27(28)17-16-25(5)19(18-27)10-11-20-21-12-13-23(26(21,6)15-14-22(20)25)29-30(7,8)24(2,3)4/h9,19-23,28H,1,10-18H2,2-8H3/t19?,20-,21-,22-,23-,25-,26-,27-/m0/s1. The van der Waals surface area contributed by atoms with E-state index in [9.17, 15) is 5.11 Å². The molecule has 172 valence electrons. The Kier molecular flexibility index (Phi) is 5.52. The number of hydrogen-bond acceptors (Lipinski definition) is 2. The predicted molar refractivity (Wildman–Crippen MR) is 129 cm³/mol. The number of hydrogen-bond donors (Lipinski definition) is 1. The second-order valence-electron chi connectivity index (χ2n) is 13.7. The smallest absolute Gasteiger partial charge is 0.192 e. The average Bonchev–Trinajstić information content (AvgIpc) is 2.97. The molecule has 0 radical (unpaired) electrons. The first-order chi connectivity index (χ1) is 13.8. The molecule has 0 amide bonds. The molecule has 4 fully saturated rings. The van der Waals surface area contributed by atoms with Crippen molar-refractivity contribution in [3.8, 4) is 0 Å². The number of fused-ring (bicyclic) bond motifs is 5. The van der Waals surface area contributed by atoms with Gasteiger partial charge in [0.15, 0.2) is 8.32 Å². The van der Waals surface area contributed by atoms with Gasteiger partial charge in [-0.1, -0.05) is 40.7 Å². The summed E-state index contributed by atoms with van der Waals surface area (Å²) in [6, 6.07) is 0. The van der Waals surface area contributed by atoms with Gasteiger partial charge in [0, 0.05) is 0 Å². The minimum atomic E-state index is -1.74. The molecular formula is C27H48O2Si. The maximum atomic E-state index is 10.9. The molecule has 3 heteroatoms. The van der Waals surface area contributed by atoms with Crippen molar-refractivity contribution in [1.82, 2.24) is 0 Å². The van der Waals surface area contributed by atoms with Gasteiger partial charge in [-0.15, -0.1) is 6.58 Å². The zero-order valence-corrected chi connectivity index (χ0v) is 21.9. The first kappa shape index (κ1) is 23.0. The molecule has 1 unspecified atom stereocenters. The topological polar surface area (TPSA) is 29.5 Å². The lowest BCUT2D eigenvalue weighted by Crippen LogP contribution is -2.57. The summed E-state index contributed by atoms with van der Waals surface area (Å²) in [6.07, 6.45) is 13.3. The number of aliphatic hydroxyl groups is 1. The van der Waals surface area contributed by atoms with E-state index in [-0.39, 0.29) is 5.04 Å². The van der Waals surface area contributed by atoms with Crippen molar-refractivity contribution in [2.24, 2.45) is 34.5 Å². The quantitative estimate of drug-likeness (QED) is 0.373. The predicted octanol–water partition coefficient (Wildman–Crippen LogP) is 7.34. The molecule has 4 rings (SSSR count). The molecule has 1 N–H and O–H groups in total. The SMILES string of the molecule is C=C[C@]1(O)CC[C@@]2(C)C(CC[C@H]3[C@@H]4CC[C@H](O[Si](C)(C)C(C)(C)C)[C@@]4(C)CC[C@@H]32)C1. The van der Waals surface area contributed by atoms with Gasteiger partial charge in [0.2, 0.25) is 0 Å². The van der Waals surface area contributed by atoms with Crippen LogP contribution in [0.15, 0.2) is 12.7 Å². The molecule has 4 aliphatic carbocycles. The molecule has 0 aliphatic heterocycles. The van der Waals surface area contributed by atoms with Crippen molar-refractivity contribution in [1.29, 1.82) is 0 Å². The molecule has 0 aromatic heterocycles. The van der Waals surface area contributed by atoms with E-state index in [1.807, 2.05) is 6.08 Å². The first-order valence-corrected chi connectivity index (χ1v) is 15.7. The molecule has 0 spiro atoms. The summed E-state index contributed by atoms with van der Waals surface area (Å²) in [4.78, 5) is 0. The number of rotatable bonds is 3. The Morgan fingerprint density at radius 3 is 2.23 bits per heavy atom. The average molecular weight is 433 g/mol. The molecule has 0 heterocycles. The Hall–Kier alpha value is -0.123. The highest BCUT2D eigenvalue weighted by Crippen LogP contribution is 2.67. The summed E-state index contributed by atoms with van der Waals surface area (Å²) < 4.78 is 7.08. The lowest BCUT2D eigenvalue weighted by Gasteiger charge is -2.62. The summed E-state index contributed by atoms with van der Waals surface area (Å²) >= 11 is 0. The Morgan fingerprint density at radius 1 is 0.933 bits per heavy atom. The highest BCUT2D eigenvalue weighted by Gasteiger charge is 2.62. The largest absolute Gasteiger partial charge is 0.413 e. The maximum absolute atomic E-state index is 10.9. The van der Waals surface area contributed by atoms with Crippen LogP contribution in [0.5, 0.6) is 0 Å². The van der Waals surface area contributed by atoms with E-state index >= 15 is 0 Å². The summed E-state index contributed by atoms with van der Waals surface area (Å²) in [5.41, 5.74) is 0.171. The lowest BCUT2D eigenvalue weighted by atomic mass is 9.44. The molecule has 30 heavy (non-hydrogen) atoms. The van der Waals surface area contributed by atoms with Crippen LogP contribution in [0.25, 0.3) is 0 Å². The van der Waals surface area contributed by atoms with Crippen molar-refractivity contribution >= 4 is 8.32 Å². The molecule has 8 atom stereocenters. The minimum Gasteiger partial charge on any atom is -0.413 e. The van der Waals surface area contributed by atoms with E-state index < -0.39 is 13.9 Å². The van der Waals surface area contributed by atoms with Gasteiger partial charge < -0.3 is 9.53 Å². The third-order valence-corrected chi connectivity index (χ3v) is 15.8. The van der Waals surface area contributed by atoms with Crippen LogP contribution >= 0.6 is 0 Å². The Balaban J connectivity index is 1.54. The molecule has 0 aromatic rings. The van der Waals surface area contributed by atoms with Crippen LogP contribution in [0.1, 0.15) is 92.4 Å². The molecule has 2 nitrogen and oxygen atoms in total. The van der Waals surface area contributed by atoms with Crippen molar-refractivity contribution in [2.75, 3.05) is 0 Å². The van der Waals surface area contributed by atoms with Gasteiger partial charge in [0.25, 0.3) is 0 Å². The van der Waals surface area contributed by atoms with Crippen molar-refractivity contribution < 1.29 is 9.53 Å². The molecular weight excluding hydrogens is 384 g/mol. The zero-order chi connectivity index (χ0) is 22.2. The highest BCUT2D eigenvalue weighted by atomic mass is 28.4. The highest BCUT2D eigenvalue weighted by molar-refractivity contribution is 6.74. The van der Waals surface area contributed by atoms with E-state index in [4.69, 9.17) is 4.43 Å². The van der Waals surface area contributed by atoms with Crippen molar-refractivity contribution in [2.45, 2.75) is 122 Å². The van der Waals surface area contributed by atoms with Crippen LogP contribution in [0.3, 0.4) is 0 Å². The van der Waals surface area contributed by atoms with Gasteiger partial charge in [-0.2, -0.15) is 0 Å². The molecule has 4 saturated carbocycles. The first-order valence-electron chi connectivity index (χ1n) is 12.8. The fraction of sp³-hybridized carbons (Fsp3) is 0.926. The third kappa shape index (κ3) is 3.41. The van der Waals surface area contributed by atoms with Gasteiger partial charge in [0.1, 0.15) is 0 Å². The van der Waals surface area contributed by atoms with Gasteiger partial charge in [-0.3, -0.25) is 0 Å². The molecule has 0 saturated heterocycles. The Labute approximate surface area is 187 Å². The summed E-state index contributed by atoms with van der Waals surface area (Å²) in [6.45, 7) is 21.1. The molecule has 0 aromatic carbocycles. The zero-order valence-electron chi connectivity index (χ0n) is 20.9. The summed E-state index contributed by atoms with van der Waals surface area (Å²) in [5.74, 6) is 3.22. The fourth-order valence-electron chi connectivity index (χ4n) is 8.14. The monoisotopic (exact) mass is 432 g/mol. The fourth-order valence-corrected chi connectivity index (χ4v) is 9.59. The van der Waals surface area contributed by atoms with E-state index in [0.717, 1.165) is 30.6 Å². The second-order valence-corrected chi connectivity index (χ2v) is 18.4. The van der Waals surface area contributed by atoms with Crippen LogP contribution in [0, 0.1) is 34.5 Å². The van der Waals surface area contributed by atoms with Crippen LogP contribution in [-0.2, 0) is 4.43 Å². The van der Waals surface area contributed by atoms with Crippen molar-refractivity contribution in [3.05, 3.63) is 12.7 Å². The van der Waals surface area contributed by atoms with Crippen LogP contribution < -0.4 is 0 Å². The molecule has 0 bridgehead atoms. The second kappa shape index (κ2) is 7.19. The van der Waals surface area contributed by atoms with Gasteiger partial charge in [-0.25, -0.2) is 0 Å². The summed E-state index contributed by atoms with van der Waals surface area (Å²) in [7, 11) is -1.74.